The molecule has 0 aromatic heterocycles. The van der Waals surface area contributed by atoms with Crippen molar-refractivity contribution in [2.45, 2.75) is 25.0 Å². The summed E-state index contributed by atoms with van der Waals surface area (Å²) in [4.78, 5) is 22.3. The quantitative estimate of drug-likeness (QED) is 0.373. The van der Waals surface area contributed by atoms with Crippen LogP contribution in [0.5, 0.6) is 0 Å². The summed E-state index contributed by atoms with van der Waals surface area (Å²) in [6.45, 7) is 0. The van der Waals surface area contributed by atoms with Gasteiger partial charge in [-0.25, -0.2) is 0 Å². The average molecular weight is 168 g/mol. The molecule has 4 nitrogen and oxygen atoms in total. The van der Waals surface area contributed by atoms with E-state index in [1.165, 1.54) is 0 Å². The molecule has 0 aromatic carbocycles. The van der Waals surface area contributed by atoms with E-state index in [1.807, 2.05) is 0 Å². The Morgan fingerprint density at radius 1 is 1.00 bits per heavy atom. The molecule has 3 aliphatic heterocycles. The molecule has 3 rings (SSSR count). The highest BCUT2D eigenvalue weighted by atomic mass is 16.6. The van der Waals surface area contributed by atoms with Crippen molar-refractivity contribution >= 4 is 11.9 Å². The van der Waals surface area contributed by atoms with Gasteiger partial charge in [0.2, 0.25) is 0 Å². The standard InChI is InChI=1S/C8H8O4/c9-7-5-3-1-2-4(11-3)6(5)8(10)12-7/h3-6H,1-2H2/t3-,4+,5+,6?/m0/s1. The Labute approximate surface area is 68.8 Å². The van der Waals surface area contributed by atoms with Crippen molar-refractivity contribution in [3.63, 3.8) is 0 Å². The van der Waals surface area contributed by atoms with Gasteiger partial charge in [0.05, 0.1) is 24.0 Å². The van der Waals surface area contributed by atoms with Gasteiger partial charge >= 0.3 is 11.9 Å². The van der Waals surface area contributed by atoms with E-state index in [9.17, 15) is 9.59 Å². The molecule has 0 radical (unpaired) electrons. The van der Waals surface area contributed by atoms with E-state index in [-0.39, 0.29) is 36.0 Å². The highest BCUT2D eigenvalue weighted by molar-refractivity contribution is 5.97. The minimum atomic E-state index is -0.378. The van der Waals surface area contributed by atoms with Crippen LogP contribution >= 0.6 is 0 Å². The summed E-state index contributed by atoms with van der Waals surface area (Å²) in [5.74, 6) is -1.32. The lowest BCUT2D eigenvalue weighted by Crippen LogP contribution is -2.29. The SMILES string of the molecule is O=C1OC(=O)[C@H]2C1[C@H]1CC[C@@H]2O1. The van der Waals surface area contributed by atoms with Crippen LogP contribution in [-0.2, 0) is 19.1 Å². The van der Waals surface area contributed by atoms with Crippen molar-refractivity contribution < 1.29 is 19.1 Å². The topological polar surface area (TPSA) is 52.6 Å². The highest BCUT2D eigenvalue weighted by Crippen LogP contribution is 2.47. The third-order valence-corrected chi connectivity index (χ3v) is 3.02. The molecule has 64 valence electrons. The molecule has 3 heterocycles. The molecule has 0 N–H and O–H groups in total. The van der Waals surface area contributed by atoms with Gasteiger partial charge in [0.25, 0.3) is 0 Å². The molecule has 0 amide bonds. The van der Waals surface area contributed by atoms with Crippen molar-refractivity contribution in [2.75, 3.05) is 0 Å². The van der Waals surface area contributed by atoms with Gasteiger partial charge in [-0.3, -0.25) is 9.59 Å². The van der Waals surface area contributed by atoms with Crippen LogP contribution in [0.15, 0.2) is 0 Å². The second kappa shape index (κ2) is 1.88. The van der Waals surface area contributed by atoms with Crippen LogP contribution in [0.1, 0.15) is 12.8 Å². The summed E-state index contributed by atoms with van der Waals surface area (Å²) in [7, 11) is 0. The van der Waals surface area contributed by atoms with Crippen molar-refractivity contribution in [3.8, 4) is 0 Å². The second-order valence-electron chi connectivity index (χ2n) is 3.58. The predicted octanol–water partition coefficient (Wildman–Crippen LogP) is -0.137. The lowest BCUT2D eigenvalue weighted by molar-refractivity contribution is -0.156. The van der Waals surface area contributed by atoms with Crippen molar-refractivity contribution in [1.82, 2.24) is 0 Å². The lowest BCUT2D eigenvalue weighted by atomic mass is 9.81. The van der Waals surface area contributed by atoms with E-state index in [1.54, 1.807) is 0 Å². The molecule has 4 atom stereocenters. The molecule has 3 fully saturated rings. The number of fused-ring (bicyclic) bond motifs is 5. The smallest absolute Gasteiger partial charge is 0.320 e. The first-order valence-corrected chi connectivity index (χ1v) is 4.18. The largest absolute Gasteiger partial charge is 0.393 e. The maximum atomic E-state index is 11.1. The Morgan fingerprint density at radius 2 is 1.50 bits per heavy atom. The Hall–Kier alpha value is -0.900. The summed E-state index contributed by atoms with van der Waals surface area (Å²) in [5, 5.41) is 0. The number of ether oxygens (including phenoxy) is 2. The van der Waals surface area contributed by atoms with Crippen LogP contribution < -0.4 is 0 Å². The molecule has 3 saturated heterocycles. The number of hydrogen-bond donors (Lipinski definition) is 0. The first-order valence-electron chi connectivity index (χ1n) is 4.18. The lowest BCUT2D eigenvalue weighted by Gasteiger charge is -2.13. The monoisotopic (exact) mass is 168 g/mol. The zero-order valence-corrected chi connectivity index (χ0v) is 6.36. The van der Waals surface area contributed by atoms with Gasteiger partial charge in [-0.15, -0.1) is 0 Å². The zero-order valence-electron chi connectivity index (χ0n) is 6.36. The van der Waals surface area contributed by atoms with E-state index in [4.69, 9.17) is 4.74 Å². The van der Waals surface area contributed by atoms with Crippen LogP contribution in [0.3, 0.4) is 0 Å². The van der Waals surface area contributed by atoms with E-state index in [0.717, 1.165) is 12.8 Å². The third-order valence-electron chi connectivity index (χ3n) is 3.02. The summed E-state index contributed by atoms with van der Waals surface area (Å²) in [6.07, 6.45) is 1.71. The van der Waals surface area contributed by atoms with Gasteiger partial charge < -0.3 is 9.47 Å². The highest BCUT2D eigenvalue weighted by Gasteiger charge is 2.61. The van der Waals surface area contributed by atoms with Gasteiger partial charge in [0.15, 0.2) is 0 Å². The number of esters is 2. The average Bonchev–Trinajstić information content (AvgIpc) is 2.64. The van der Waals surface area contributed by atoms with Gasteiger partial charge in [0.1, 0.15) is 0 Å². The molecule has 0 aromatic rings. The third kappa shape index (κ3) is 0.579. The molecular weight excluding hydrogens is 160 g/mol. The number of carbonyl (C=O) groups excluding carboxylic acids is 2. The molecule has 0 spiro atoms. The van der Waals surface area contributed by atoms with E-state index in [0.29, 0.717) is 0 Å². The van der Waals surface area contributed by atoms with Gasteiger partial charge in [-0.05, 0) is 12.8 Å². The zero-order chi connectivity index (χ0) is 8.29. The summed E-state index contributed by atoms with van der Waals surface area (Å²) < 4.78 is 10.0. The van der Waals surface area contributed by atoms with Crippen LogP contribution in [-0.4, -0.2) is 24.1 Å². The molecule has 0 saturated carbocycles. The minimum Gasteiger partial charge on any atom is -0.393 e. The van der Waals surface area contributed by atoms with E-state index in [2.05, 4.69) is 4.74 Å². The Kier molecular flexibility index (Phi) is 1.03. The molecule has 1 unspecified atom stereocenters. The number of hydrogen-bond acceptors (Lipinski definition) is 4. The summed E-state index contributed by atoms with van der Waals surface area (Å²) >= 11 is 0. The van der Waals surface area contributed by atoms with Crippen LogP contribution in [0.2, 0.25) is 0 Å². The predicted molar refractivity (Wildman–Crippen MR) is 36.0 cm³/mol. The maximum absolute atomic E-state index is 11.1. The van der Waals surface area contributed by atoms with Gasteiger partial charge in [0, 0.05) is 0 Å². The van der Waals surface area contributed by atoms with Crippen LogP contribution in [0, 0.1) is 11.8 Å². The minimum absolute atomic E-state index is 0.0426. The fraction of sp³-hybridized carbons (Fsp3) is 0.750. The van der Waals surface area contributed by atoms with Crippen molar-refractivity contribution in [2.24, 2.45) is 11.8 Å². The molecular formula is C8H8O4. The normalized spacial score (nSPS) is 49.7. The Morgan fingerprint density at radius 3 is 2.00 bits per heavy atom. The molecule has 4 heteroatoms. The number of rotatable bonds is 0. The first-order chi connectivity index (χ1) is 5.77. The van der Waals surface area contributed by atoms with Gasteiger partial charge in [-0.1, -0.05) is 0 Å². The van der Waals surface area contributed by atoms with Crippen LogP contribution in [0.25, 0.3) is 0 Å². The van der Waals surface area contributed by atoms with Crippen molar-refractivity contribution in [3.05, 3.63) is 0 Å². The van der Waals surface area contributed by atoms with E-state index >= 15 is 0 Å². The first kappa shape index (κ1) is 6.60. The Bertz CT molecular complexity index is 246. The van der Waals surface area contributed by atoms with Crippen LogP contribution in [0.4, 0.5) is 0 Å². The maximum Gasteiger partial charge on any atom is 0.320 e. The summed E-state index contributed by atoms with van der Waals surface area (Å²) in [5.41, 5.74) is 0. The molecule has 12 heavy (non-hydrogen) atoms. The van der Waals surface area contributed by atoms with E-state index < -0.39 is 0 Å². The van der Waals surface area contributed by atoms with Gasteiger partial charge in [-0.2, -0.15) is 0 Å². The second-order valence-corrected chi connectivity index (χ2v) is 3.58. The number of carbonyl (C=O) groups is 2. The fourth-order valence-electron chi connectivity index (χ4n) is 2.51. The molecule has 3 aliphatic rings. The number of cyclic esters (lactones) is 2. The molecule has 0 aliphatic carbocycles. The fourth-order valence-corrected chi connectivity index (χ4v) is 2.51. The Balaban J connectivity index is 2.03. The van der Waals surface area contributed by atoms with Crippen molar-refractivity contribution in [1.29, 1.82) is 0 Å². The summed E-state index contributed by atoms with van der Waals surface area (Å²) in [6, 6.07) is 0. The molecule has 2 bridgehead atoms.